The molecule has 2 heterocycles. The van der Waals surface area contributed by atoms with E-state index in [-0.39, 0.29) is 5.91 Å². The van der Waals surface area contributed by atoms with Crippen molar-refractivity contribution in [1.29, 1.82) is 0 Å². The molecule has 1 aliphatic heterocycles. The maximum Gasteiger partial charge on any atom is 0.281 e. The molecule has 1 N–H and O–H groups in total. The Kier molecular flexibility index (Phi) is 3.50. The van der Waals surface area contributed by atoms with E-state index in [9.17, 15) is 4.79 Å². The Morgan fingerprint density at radius 1 is 1.24 bits per heavy atom. The van der Waals surface area contributed by atoms with Crippen LogP contribution in [0, 0.1) is 6.92 Å². The second kappa shape index (κ2) is 5.46. The number of aromatic nitrogens is 1. The van der Waals surface area contributed by atoms with Crippen LogP contribution in [-0.2, 0) is 4.79 Å². The minimum absolute atomic E-state index is 0.151. The number of carbonyl (C=O) groups is 1. The number of pyridine rings is 1. The van der Waals surface area contributed by atoms with Crippen LogP contribution in [0.1, 0.15) is 11.1 Å². The van der Waals surface area contributed by atoms with Gasteiger partial charge in [-0.1, -0.05) is 12.1 Å². The van der Waals surface area contributed by atoms with E-state index in [0.717, 1.165) is 16.8 Å². The zero-order valence-electron chi connectivity index (χ0n) is 11.4. The van der Waals surface area contributed by atoms with E-state index >= 15 is 0 Å². The average molecular weight is 295 g/mol. The third kappa shape index (κ3) is 2.68. The van der Waals surface area contributed by atoms with Gasteiger partial charge in [-0.15, -0.1) is 0 Å². The summed E-state index contributed by atoms with van der Waals surface area (Å²) in [7, 11) is 0. The van der Waals surface area contributed by atoms with Gasteiger partial charge >= 0.3 is 0 Å². The first-order chi connectivity index (χ1) is 10.1. The molecule has 1 aromatic heterocycles. The Bertz CT molecular complexity index is 740. The van der Waals surface area contributed by atoms with Crippen molar-refractivity contribution in [3.05, 3.63) is 65.6 Å². The maximum atomic E-state index is 12.5. The SMILES string of the molecule is Cc1cccc(N2C(=O)C(=Cc3ccncc3)NC2=S)c1. The summed E-state index contributed by atoms with van der Waals surface area (Å²) >= 11 is 5.28. The molecule has 0 atom stereocenters. The van der Waals surface area contributed by atoms with Crippen LogP contribution in [0.4, 0.5) is 5.69 Å². The summed E-state index contributed by atoms with van der Waals surface area (Å²) in [5.74, 6) is -0.151. The molecule has 4 nitrogen and oxygen atoms in total. The highest BCUT2D eigenvalue weighted by Gasteiger charge is 2.31. The minimum Gasteiger partial charge on any atom is -0.327 e. The summed E-state index contributed by atoms with van der Waals surface area (Å²) < 4.78 is 0. The lowest BCUT2D eigenvalue weighted by molar-refractivity contribution is -0.113. The van der Waals surface area contributed by atoms with E-state index in [1.807, 2.05) is 43.3 Å². The Balaban J connectivity index is 1.94. The summed E-state index contributed by atoms with van der Waals surface area (Å²) in [5, 5.41) is 3.36. The van der Waals surface area contributed by atoms with Crippen molar-refractivity contribution in [3.63, 3.8) is 0 Å². The van der Waals surface area contributed by atoms with Crippen LogP contribution < -0.4 is 10.2 Å². The largest absolute Gasteiger partial charge is 0.327 e. The molecule has 0 spiro atoms. The molecule has 0 saturated carbocycles. The number of carbonyl (C=O) groups excluding carboxylic acids is 1. The molecule has 1 saturated heterocycles. The van der Waals surface area contributed by atoms with Gasteiger partial charge in [0.15, 0.2) is 5.11 Å². The molecular weight excluding hydrogens is 282 g/mol. The fraction of sp³-hybridized carbons (Fsp3) is 0.0625. The third-order valence-corrected chi connectivity index (χ3v) is 3.44. The standard InChI is InChI=1S/C16H13N3OS/c1-11-3-2-4-13(9-11)19-15(20)14(18-16(19)21)10-12-5-7-17-8-6-12/h2-10H,1H3,(H,18,21). The summed E-state index contributed by atoms with van der Waals surface area (Å²) in [4.78, 5) is 18.0. The van der Waals surface area contributed by atoms with Gasteiger partial charge in [0.2, 0.25) is 0 Å². The fourth-order valence-electron chi connectivity index (χ4n) is 2.16. The molecule has 2 aromatic rings. The highest BCUT2D eigenvalue weighted by Crippen LogP contribution is 2.23. The van der Waals surface area contributed by atoms with Gasteiger partial charge in [0, 0.05) is 12.4 Å². The van der Waals surface area contributed by atoms with Gasteiger partial charge in [-0.3, -0.25) is 14.7 Å². The topological polar surface area (TPSA) is 45.2 Å². The smallest absolute Gasteiger partial charge is 0.281 e. The van der Waals surface area contributed by atoms with Gasteiger partial charge in [0.1, 0.15) is 5.70 Å². The lowest BCUT2D eigenvalue weighted by atomic mass is 10.2. The molecule has 3 rings (SSSR count). The monoisotopic (exact) mass is 295 g/mol. The summed E-state index contributed by atoms with van der Waals surface area (Å²) in [6.07, 6.45) is 5.14. The van der Waals surface area contributed by atoms with E-state index in [2.05, 4.69) is 10.3 Å². The normalized spacial score (nSPS) is 16.4. The van der Waals surface area contributed by atoms with E-state index < -0.39 is 0 Å². The van der Waals surface area contributed by atoms with Gasteiger partial charge in [0.25, 0.3) is 5.91 Å². The number of aryl methyl sites for hydroxylation is 1. The zero-order chi connectivity index (χ0) is 14.8. The Hall–Kier alpha value is -2.53. The van der Waals surface area contributed by atoms with Crippen LogP contribution >= 0.6 is 12.2 Å². The molecule has 1 fully saturated rings. The second-order valence-electron chi connectivity index (χ2n) is 4.75. The van der Waals surface area contributed by atoms with Gasteiger partial charge in [-0.25, -0.2) is 0 Å². The molecule has 0 unspecified atom stereocenters. The number of thiocarbonyl (C=S) groups is 1. The van der Waals surface area contributed by atoms with E-state index in [4.69, 9.17) is 12.2 Å². The molecule has 0 aliphatic carbocycles. The number of hydrogen-bond acceptors (Lipinski definition) is 3. The predicted octanol–water partition coefficient (Wildman–Crippen LogP) is 2.65. The molecule has 104 valence electrons. The number of benzene rings is 1. The molecule has 21 heavy (non-hydrogen) atoms. The lowest BCUT2D eigenvalue weighted by Gasteiger charge is -2.14. The molecule has 1 aliphatic rings. The van der Waals surface area contributed by atoms with Crippen molar-refractivity contribution in [1.82, 2.24) is 10.3 Å². The first-order valence-electron chi connectivity index (χ1n) is 6.49. The molecule has 0 bridgehead atoms. The second-order valence-corrected chi connectivity index (χ2v) is 5.13. The van der Waals surface area contributed by atoms with Crippen molar-refractivity contribution in [2.45, 2.75) is 6.92 Å². The van der Waals surface area contributed by atoms with Crippen molar-refractivity contribution >= 4 is 35.0 Å². The van der Waals surface area contributed by atoms with Crippen LogP contribution in [-0.4, -0.2) is 16.0 Å². The first kappa shape index (κ1) is 13.5. The Labute approximate surface area is 128 Å². The molecule has 1 aromatic carbocycles. The highest BCUT2D eigenvalue weighted by atomic mass is 32.1. The van der Waals surface area contributed by atoms with Gasteiger partial charge in [0.05, 0.1) is 5.69 Å². The summed E-state index contributed by atoms with van der Waals surface area (Å²) in [6, 6.07) is 11.4. The fourth-order valence-corrected chi connectivity index (χ4v) is 2.46. The van der Waals surface area contributed by atoms with E-state index in [1.54, 1.807) is 18.5 Å². The van der Waals surface area contributed by atoms with Gasteiger partial charge in [-0.2, -0.15) is 0 Å². The van der Waals surface area contributed by atoms with Crippen molar-refractivity contribution in [2.24, 2.45) is 0 Å². The van der Waals surface area contributed by atoms with E-state index in [0.29, 0.717) is 10.8 Å². The number of nitrogens with one attached hydrogen (secondary N) is 1. The molecule has 1 amide bonds. The minimum atomic E-state index is -0.151. The number of anilines is 1. The van der Waals surface area contributed by atoms with Crippen molar-refractivity contribution in [2.75, 3.05) is 4.90 Å². The van der Waals surface area contributed by atoms with Crippen LogP contribution in [0.15, 0.2) is 54.5 Å². The highest BCUT2D eigenvalue weighted by molar-refractivity contribution is 7.80. The Morgan fingerprint density at radius 2 is 2.00 bits per heavy atom. The Morgan fingerprint density at radius 3 is 2.71 bits per heavy atom. The molecular formula is C16H13N3OS. The third-order valence-electron chi connectivity index (χ3n) is 3.16. The average Bonchev–Trinajstić information content (AvgIpc) is 2.74. The first-order valence-corrected chi connectivity index (χ1v) is 6.90. The number of nitrogens with zero attached hydrogens (tertiary/aromatic N) is 2. The molecule has 0 radical (unpaired) electrons. The predicted molar refractivity (Wildman–Crippen MR) is 86.6 cm³/mol. The van der Waals surface area contributed by atoms with Crippen molar-refractivity contribution < 1.29 is 4.79 Å². The van der Waals surface area contributed by atoms with Gasteiger partial charge in [-0.05, 0) is 60.6 Å². The summed E-state index contributed by atoms with van der Waals surface area (Å²) in [5.41, 5.74) is 3.22. The van der Waals surface area contributed by atoms with Crippen LogP contribution in [0.3, 0.4) is 0 Å². The zero-order valence-corrected chi connectivity index (χ0v) is 12.2. The summed E-state index contributed by atoms with van der Waals surface area (Å²) in [6.45, 7) is 1.98. The van der Waals surface area contributed by atoms with Crippen LogP contribution in [0.25, 0.3) is 6.08 Å². The van der Waals surface area contributed by atoms with E-state index in [1.165, 1.54) is 4.90 Å². The number of amides is 1. The lowest BCUT2D eigenvalue weighted by Crippen LogP contribution is -2.30. The number of hydrogen-bond donors (Lipinski definition) is 1. The van der Waals surface area contributed by atoms with Crippen LogP contribution in [0.2, 0.25) is 0 Å². The quantitative estimate of drug-likeness (QED) is 0.683. The van der Waals surface area contributed by atoms with Crippen LogP contribution in [0.5, 0.6) is 0 Å². The number of rotatable bonds is 2. The molecule has 5 heteroatoms. The van der Waals surface area contributed by atoms with Crippen molar-refractivity contribution in [3.8, 4) is 0 Å². The van der Waals surface area contributed by atoms with Gasteiger partial charge < -0.3 is 5.32 Å². The maximum absolute atomic E-state index is 12.5.